The summed E-state index contributed by atoms with van der Waals surface area (Å²) in [5.41, 5.74) is 4.19. The van der Waals surface area contributed by atoms with Gasteiger partial charge in [0.25, 0.3) is 0 Å². The van der Waals surface area contributed by atoms with E-state index in [1.54, 1.807) is 9.81 Å². The second-order valence-corrected chi connectivity index (χ2v) is 48.5. The van der Waals surface area contributed by atoms with Crippen LogP contribution in [0.4, 0.5) is 0 Å². The Morgan fingerprint density at radius 2 is 0.774 bits per heavy atom. The van der Waals surface area contributed by atoms with Gasteiger partial charge < -0.3 is 0 Å². The van der Waals surface area contributed by atoms with E-state index in [0.717, 1.165) is 29.1 Å². The zero-order valence-electron chi connectivity index (χ0n) is 30.6. The van der Waals surface area contributed by atoms with Crippen molar-refractivity contribution in [3.8, 4) is 0 Å². The molecule has 53 heavy (non-hydrogen) atoms. The van der Waals surface area contributed by atoms with E-state index in [4.69, 9.17) is 17.0 Å². The van der Waals surface area contributed by atoms with Gasteiger partial charge in [-0.25, -0.2) is 0 Å². The van der Waals surface area contributed by atoms with Gasteiger partial charge in [0.2, 0.25) is 0 Å². The standard InChI is InChI=1S/C8H9I.2C8H9.4C6H5.2Bi.2ClH/c1-2-7-5-3-4-6-8(7)9;2*1-2-8-6-4-3-5-7-8;4*1-2-4-6-5-3-1;;;;/h3-6H,2H2,1H3;2*3-6H,2H2,1H3;4*1-5H;;;2*1H/q;;;;;;;;+2;;/p-2. The molecular weight excluding hydrogens is 1190 g/mol. The molecule has 5 heteroatoms. The maximum Gasteiger partial charge on any atom is 0.0162 e. The molecule has 0 heterocycles. The summed E-state index contributed by atoms with van der Waals surface area (Å²) in [4.78, 5) is 0. The Morgan fingerprint density at radius 1 is 0.415 bits per heavy atom. The maximum atomic E-state index is 7.53. The van der Waals surface area contributed by atoms with Crippen LogP contribution in [0.25, 0.3) is 0 Å². The van der Waals surface area contributed by atoms with Gasteiger partial charge >= 0.3 is 282 Å². The SMILES string of the molecule is CCc1cccc[c]1[Bi]([Cl])([Cl])([c]1ccccc1)[c]1ccccc1.CCc1cccc[c]1[Bi]([c]1ccccc1)[c]1ccccc1.CCc1ccccc1I. The molecule has 0 saturated carbocycles. The Bertz CT molecular complexity index is 2060. The molecule has 0 aliphatic carbocycles. The third-order valence-corrected chi connectivity index (χ3v) is 44.5. The van der Waals surface area contributed by atoms with Crippen LogP contribution < -0.4 is 19.6 Å². The third-order valence-electron chi connectivity index (χ3n) is 9.20. The summed E-state index contributed by atoms with van der Waals surface area (Å²) in [6, 6.07) is 68.4. The molecule has 0 spiro atoms. The molecule has 0 saturated heterocycles. The molecule has 0 radical (unpaired) electrons. The number of benzene rings is 7. The molecule has 7 rings (SSSR count). The van der Waals surface area contributed by atoms with Gasteiger partial charge in [0.15, 0.2) is 0 Å². The van der Waals surface area contributed by atoms with Crippen molar-refractivity contribution in [3.63, 3.8) is 0 Å². The van der Waals surface area contributed by atoms with Gasteiger partial charge in [-0.1, -0.05) is 25.1 Å². The smallest absolute Gasteiger partial charge is 0.0162 e. The van der Waals surface area contributed by atoms with E-state index in [1.165, 1.54) is 20.3 Å². The predicted octanol–water partition coefficient (Wildman–Crippen LogP) is 9.76. The minimum Gasteiger partial charge on any atom is -0.0619 e. The molecule has 0 unspecified atom stereocenters. The number of rotatable bonds is 9. The monoisotopic (exact) mass is 1240 g/mol. The summed E-state index contributed by atoms with van der Waals surface area (Å²) < 4.78 is 9.36. The van der Waals surface area contributed by atoms with Crippen LogP contribution in [0.1, 0.15) is 37.5 Å². The molecular formula is C48H47Bi2Cl2I. The largest absolute Gasteiger partial charge is 0.0619 e. The van der Waals surface area contributed by atoms with E-state index in [1.807, 2.05) is 42.5 Å². The van der Waals surface area contributed by atoms with Crippen molar-refractivity contribution in [1.82, 2.24) is 0 Å². The Kier molecular flexibility index (Phi) is 16.2. The summed E-state index contributed by atoms with van der Waals surface area (Å²) in [5.74, 6) is 0. The van der Waals surface area contributed by atoms with Crippen molar-refractivity contribution in [2.75, 3.05) is 0 Å². The third kappa shape index (κ3) is 10.3. The zero-order valence-corrected chi connectivity index (χ0v) is 41.2. The van der Waals surface area contributed by atoms with Crippen LogP contribution in [0.3, 0.4) is 0 Å². The molecule has 0 aromatic heterocycles. The quantitative estimate of drug-likeness (QED) is 0.0999. The molecule has 270 valence electrons. The van der Waals surface area contributed by atoms with Crippen LogP contribution in [0.2, 0.25) is 0 Å². The van der Waals surface area contributed by atoms with Crippen molar-refractivity contribution in [1.29, 1.82) is 0 Å². The van der Waals surface area contributed by atoms with E-state index in [-0.39, 0.29) is 0 Å². The van der Waals surface area contributed by atoms with E-state index in [0.29, 0.717) is 0 Å². The Morgan fingerprint density at radius 3 is 1.21 bits per heavy atom. The van der Waals surface area contributed by atoms with E-state index in [9.17, 15) is 0 Å². The van der Waals surface area contributed by atoms with Crippen LogP contribution in [0, 0.1) is 3.57 Å². The summed E-state index contributed by atoms with van der Waals surface area (Å²) in [6.07, 6.45) is 3.17. The minimum absolute atomic E-state index is 0.917. The van der Waals surface area contributed by atoms with E-state index < -0.39 is 38.1 Å². The van der Waals surface area contributed by atoms with Crippen LogP contribution in [-0.4, -0.2) is 38.1 Å². The maximum absolute atomic E-state index is 7.53. The number of aryl methyl sites for hydroxylation is 3. The van der Waals surface area contributed by atoms with E-state index in [2.05, 4.69) is 195 Å². The fourth-order valence-corrected chi connectivity index (χ4v) is 36.9. The fourth-order valence-electron chi connectivity index (χ4n) is 6.39. The second-order valence-electron chi connectivity index (χ2n) is 12.5. The van der Waals surface area contributed by atoms with Crippen molar-refractivity contribution < 1.29 is 0 Å². The number of hydrogen-bond donors (Lipinski definition) is 0. The van der Waals surface area contributed by atoms with Crippen LogP contribution >= 0.6 is 39.6 Å². The molecule has 0 amide bonds. The Hall–Kier alpha value is -2.38. The van der Waals surface area contributed by atoms with Gasteiger partial charge in [0.1, 0.15) is 0 Å². The van der Waals surface area contributed by atoms with Crippen molar-refractivity contribution in [2.45, 2.75) is 40.0 Å². The molecule has 0 nitrogen and oxygen atoms in total. The average Bonchev–Trinajstić information content (AvgIpc) is 3.23. The number of hydrogen-bond acceptors (Lipinski definition) is 0. The molecule has 0 aliphatic rings. The summed E-state index contributed by atoms with van der Waals surface area (Å²) in [7, 11) is 15.1. The number of halogens is 3. The summed E-state index contributed by atoms with van der Waals surface area (Å²) >= 11 is -4.46. The second kappa shape index (κ2) is 20.5. The van der Waals surface area contributed by atoms with Crippen LogP contribution in [0.5, 0.6) is 0 Å². The van der Waals surface area contributed by atoms with Gasteiger partial charge in [-0.2, -0.15) is 0 Å². The first kappa shape index (κ1) is 41.8. The zero-order chi connectivity index (χ0) is 37.5. The van der Waals surface area contributed by atoms with Gasteiger partial charge in [-0.15, -0.1) is 0 Å². The first-order valence-electron chi connectivity index (χ1n) is 18.2. The topological polar surface area (TPSA) is 0 Å². The summed E-state index contributed by atoms with van der Waals surface area (Å²) in [6.45, 7) is 6.59. The summed E-state index contributed by atoms with van der Waals surface area (Å²) in [5, 5.41) is 0. The van der Waals surface area contributed by atoms with Crippen molar-refractivity contribution in [2.24, 2.45) is 0 Å². The molecule has 0 bridgehead atoms. The molecule has 7 aromatic rings. The molecule has 0 atom stereocenters. The Balaban J connectivity index is 0.000000167. The first-order chi connectivity index (χ1) is 25.8. The minimum atomic E-state index is -4.67. The van der Waals surface area contributed by atoms with Crippen LogP contribution in [-0.2, 0) is 19.3 Å². The molecule has 7 aromatic carbocycles. The van der Waals surface area contributed by atoms with Crippen molar-refractivity contribution in [3.05, 3.63) is 214 Å². The molecule has 0 N–H and O–H groups in total. The average molecular weight is 1240 g/mol. The van der Waals surface area contributed by atoms with E-state index >= 15 is 0 Å². The van der Waals surface area contributed by atoms with Gasteiger partial charge in [-0.05, 0) is 40.6 Å². The van der Waals surface area contributed by atoms with Gasteiger partial charge in [-0.3, -0.25) is 0 Å². The molecule has 0 fully saturated rings. The van der Waals surface area contributed by atoms with Crippen molar-refractivity contribution >= 4 is 97.4 Å². The fraction of sp³-hybridized carbons (Fsp3) is 0.125. The Labute approximate surface area is 347 Å². The van der Waals surface area contributed by atoms with Gasteiger partial charge in [0, 0.05) is 3.57 Å². The van der Waals surface area contributed by atoms with Crippen LogP contribution in [0.15, 0.2) is 194 Å². The normalized spacial score (nSPS) is 11.6. The van der Waals surface area contributed by atoms with Gasteiger partial charge in [0.05, 0.1) is 0 Å². The predicted molar refractivity (Wildman–Crippen MR) is 247 cm³/mol. The molecule has 0 aliphatic heterocycles. The first-order valence-corrected chi connectivity index (χ1v) is 38.2.